The maximum Gasteiger partial charge on any atom is 0.326 e. The van der Waals surface area contributed by atoms with Gasteiger partial charge in [-0.3, -0.25) is 4.79 Å². The molecule has 0 fully saturated rings. The number of guanidine groups is 1. The van der Waals surface area contributed by atoms with Crippen molar-refractivity contribution in [1.82, 2.24) is 16.0 Å². The summed E-state index contributed by atoms with van der Waals surface area (Å²) in [6.45, 7) is 0.768. The number of carboxylic acids is 1. The van der Waals surface area contributed by atoms with E-state index < -0.39 is 29.0 Å². The van der Waals surface area contributed by atoms with Crippen molar-refractivity contribution in [3.8, 4) is 0 Å². The molecule has 35 heavy (non-hydrogen) atoms. The lowest BCUT2D eigenvalue weighted by atomic mass is 10.0. The Morgan fingerprint density at radius 1 is 0.971 bits per heavy atom. The predicted molar refractivity (Wildman–Crippen MR) is 132 cm³/mol. The van der Waals surface area contributed by atoms with Crippen LogP contribution in [-0.2, 0) is 22.4 Å². The van der Waals surface area contributed by atoms with Gasteiger partial charge in [0.1, 0.15) is 11.1 Å². The summed E-state index contributed by atoms with van der Waals surface area (Å²) in [7, 11) is 0. The molecule has 11 heteroatoms. The monoisotopic (exact) mass is 484 g/mol. The molecule has 0 aliphatic rings. The van der Waals surface area contributed by atoms with Gasteiger partial charge in [-0.1, -0.05) is 60.7 Å². The lowest BCUT2D eigenvalue weighted by Crippen LogP contribution is -2.51. The van der Waals surface area contributed by atoms with Crippen molar-refractivity contribution >= 4 is 17.8 Å². The predicted octanol–water partition coefficient (Wildman–Crippen LogP) is 1.27. The van der Waals surface area contributed by atoms with E-state index in [1.165, 1.54) is 5.56 Å². The van der Waals surface area contributed by atoms with E-state index in [9.17, 15) is 24.8 Å². The van der Waals surface area contributed by atoms with Crippen LogP contribution in [0.5, 0.6) is 0 Å². The van der Waals surface area contributed by atoms with Gasteiger partial charge in [-0.2, -0.15) is 0 Å². The fourth-order valence-electron chi connectivity index (χ4n) is 3.50. The lowest BCUT2D eigenvalue weighted by molar-refractivity contribution is -0.485. The minimum atomic E-state index is -1.16. The fraction of sp³-hybridized carbons (Fsp3) is 0.375. The molecule has 2 unspecified atom stereocenters. The summed E-state index contributed by atoms with van der Waals surface area (Å²) >= 11 is 0. The number of nitrogens with zero attached hydrogens (tertiary/aromatic N) is 2. The first-order valence-electron chi connectivity index (χ1n) is 11.4. The summed E-state index contributed by atoms with van der Waals surface area (Å²) < 4.78 is 0. The van der Waals surface area contributed by atoms with Gasteiger partial charge in [-0.05, 0) is 49.8 Å². The second kappa shape index (κ2) is 15.0. The van der Waals surface area contributed by atoms with Crippen LogP contribution in [0.3, 0.4) is 0 Å². The SMILES string of the molecule is NC(=N[N+](=O)[O-])NCCCC(NC(=O)C(Cc1ccccc1)NCCCc1ccccc1)C(=O)O. The van der Waals surface area contributed by atoms with Crippen LogP contribution in [-0.4, -0.2) is 53.1 Å². The molecule has 2 rings (SSSR count). The van der Waals surface area contributed by atoms with Gasteiger partial charge < -0.3 is 26.8 Å². The highest BCUT2D eigenvalue weighted by molar-refractivity contribution is 5.87. The lowest BCUT2D eigenvalue weighted by Gasteiger charge is -2.22. The first-order chi connectivity index (χ1) is 16.8. The standard InChI is InChI=1S/C24H32N6O5/c25-24(29-30(34)35)27-16-8-14-20(23(32)33)28-22(31)21(17-19-11-5-2-6-12-19)26-15-7-13-18-9-3-1-4-10-18/h1-6,9-12,20-21,26H,7-8,13-17H2,(H,28,31)(H,32,33)(H3,25,27,29). The molecule has 0 bridgehead atoms. The van der Waals surface area contributed by atoms with E-state index in [0.29, 0.717) is 19.4 Å². The van der Waals surface area contributed by atoms with Crippen molar-refractivity contribution in [2.45, 2.75) is 44.2 Å². The Bertz CT molecular complexity index is 971. The molecule has 0 spiro atoms. The minimum Gasteiger partial charge on any atom is -0.480 e. The first kappa shape index (κ1) is 27.3. The molecule has 0 saturated carbocycles. The van der Waals surface area contributed by atoms with E-state index in [0.717, 1.165) is 18.4 Å². The molecule has 11 nitrogen and oxygen atoms in total. The van der Waals surface area contributed by atoms with Gasteiger partial charge in [0.15, 0.2) is 5.03 Å². The molecule has 0 radical (unpaired) electrons. The molecule has 0 aliphatic carbocycles. The molecule has 0 aromatic heterocycles. The average molecular weight is 485 g/mol. The number of carbonyl (C=O) groups excluding carboxylic acids is 1. The van der Waals surface area contributed by atoms with Crippen LogP contribution in [0.2, 0.25) is 0 Å². The van der Waals surface area contributed by atoms with E-state index >= 15 is 0 Å². The zero-order valence-corrected chi connectivity index (χ0v) is 19.4. The molecule has 0 heterocycles. The Hall–Kier alpha value is -3.99. The third-order valence-corrected chi connectivity index (χ3v) is 5.25. The second-order valence-corrected chi connectivity index (χ2v) is 7.98. The topological polar surface area (TPSA) is 172 Å². The van der Waals surface area contributed by atoms with Crippen LogP contribution < -0.4 is 21.7 Å². The van der Waals surface area contributed by atoms with Gasteiger partial charge in [0.2, 0.25) is 5.91 Å². The number of rotatable bonds is 15. The maximum absolute atomic E-state index is 13.0. The number of hydrogen-bond acceptors (Lipinski definition) is 5. The van der Waals surface area contributed by atoms with Crippen molar-refractivity contribution in [2.75, 3.05) is 13.1 Å². The van der Waals surface area contributed by atoms with E-state index in [2.05, 4.69) is 33.2 Å². The van der Waals surface area contributed by atoms with Crippen LogP contribution in [0.15, 0.2) is 65.8 Å². The van der Waals surface area contributed by atoms with Gasteiger partial charge in [-0.15, -0.1) is 0 Å². The normalized spacial score (nSPS) is 13.0. The molecule has 6 N–H and O–H groups in total. The Kier molecular flexibility index (Phi) is 11.7. The number of hydrazone groups is 1. The molecular weight excluding hydrogens is 452 g/mol. The number of carboxylic acid groups (broad SMARTS) is 1. The summed E-state index contributed by atoms with van der Waals surface area (Å²) in [6.07, 6.45) is 2.52. The highest BCUT2D eigenvalue weighted by atomic mass is 16.7. The number of aryl methyl sites for hydroxylation is 1. The van der Waals surface area contributed by atoms with Crippen molar-refractivity contribution in [3.05, 3.63) is 81.9 Å². The fourth-order valence-corrected chi connectivity index (χ4v) is 3.50. The summed E-state index contributed by atoms with van der Waals surface area (Å²) in [5, 5.41) is 30.3. The number of nitro groups is 1. The molecule has 1 amide bonds. The van der Waals surface area contributed by atoms with Crippen LogP contribution in [0.25, 0.3) is 0 Å². The summed E-state index contributed by atoms with van der Waals surface area (Å²) in [6, 6.07) is 17.8. The second-order valence-electron chi connectivity index (χ2n) is 7.98. The van der Waals surface area contributed by atoms with Gasteiger partial charge in [0.25, 0.3) is 5.96 Å². The summed E-state index contributed by atoms with van der Waals surface area (Å²) in [4.78, 5) is 35.0. The molecule has 0 aliphatic heterocycles. The zero-order valence-electron chi connectivity index (χ0n) is 19.4. The summed E-state index contributed by atoms with van der Waals surface area (Å²) in [5.74, 6) is -1.93. The van der Waals surface area contributed by atoms with Crippen LogP contribution in [0.4, 0.5) is 0 Å². The average Bonchev–Trinajstić information content (AvgIpc) is 2.83. The Labute approximate surface area is 203 Å². The summed E-state index contributed by atoms with van der Waals surface area (Å²) in [5.41, 5.74) is 7.51. The van der Waals surface area contributed by atoms with Crippen molar-refractivity contribution in [3.63, 3.8) is 0 Å². The third-order valence-electron chi connectivity index (χ3n) is 5.25. The molecular formula is C24H32N6O5. The Morgan fingerprint density at radius 2 is 1.60 bits per heavy atom. The van der Waals surface area contributed by atoms with Crippen LogP contribution >= 0.6 is 0 Å². The van der Waals surface area contributed by atoms with Gasteiger partial charge >= 0.3 is 5.97 Å². The Balaban J connectivity index is 1.92. The van der Waals surface area contributed by atoms with Crippen LogP contribution in [0.1, 0.15) is 30.4 Å². The first-order valence-corrected chi connectivity index (χ1v) is 11.4. The van der Waals surface area contributed by atoms with Crippen molar-refractivity contribution in [1.29, 1.82) is 0 Å². The van der Waals surface area contributed by atoms with E-state index in [-0.39, 0.29) is 18.9 Å². The number of nitrogens with one attached hydrogen (secondary N) is 3. The van der Waals surface area contributed by atoms with Gasteiger partial charge in [0.05, 0.1) is 6.04 Å². The smallest absolute Gasteiger partial charge is 0.326 e. The molecule has 2 aromatic rings. The molecule has 2 aromatic carbocycles. The quantitative estimate of drug-likeness (QED) is 0.0826. The highest BCUT2D eigenvalue weighted by Gasteiger charge is 2.25. The van der Waals surface area contributed by atoms with E-state index in [1.54, 1.807) is 0 Å². The highest BCUT2D eigenvalue weighted by Crippen LogP contribution is 2.07. The number of carbonyl (C=O) groups is 2. The van der Waals surface area contributed by atoms with Crippen LogP contribution in [0, 0.1) is 10.1 Å². The largest absolute Gasteiger partial charge is 0.480 e. The van der Waals surface area contributed by atoms with E-state index in [4.69, 9.17) is 5.73 Å². The third kappa shape index (κ3) is 11.1. The minimum absolute atomic E-state index is 0.117. The number of aliphatic carboxylic acids is 1. The van der Waals surface area contributed by atoms with Crippen molar-refractivity contribution in [2.24, 2.45) is 10.8 Å². The van der Waals surface area contributed by atoms with Gasteiger partial charge in [-0.25, -0.2) is 14.9 Å². The molecule has 0 saturated heterocycles. The number of nitrogens with two attached hydrogens (primary N) is 1. The number of hydrogen-bond donors (Lipinski definition) is 5. The number of amides is 1. The van der Waals surface area contributed by atoms with E-state index in [1.807, 2.05) is 48.5 Å². The maximum atomic E-state index is 13.0. The van der Waals surface area contributed by atoms with Gasteiger partial charge in [0, 0.05) is 6.54 Å². The molecule has 2 atom stereocenters. The molecule has 188 valence electrons. The number of benzene rings is 2. The zero-order chi connectivity index (χ0) is 25.5. The Morgan fingerprint density at radius 3 is 2.20 bits per heavy atom. The van der Waals surface area contributed by atoms with Crippen molar-refractivity contribution < 1.29 is 19.7 Å².